The predicted octanol–water partition coefficient (Wildman–Crippen LogP) is 7.63. The number of hydrogen-bond donors (Lipinski definition) is 1. The van der Waals surface area contributed by atoms with Crippen molar-refractivity contribution in [1.82, 2.24) is 10.2 Å². The molecule has 0 radical (unpaired) electrons. The fourth-order valence-corrected chi connectivity index (χ4v) is 4.13. The van der Waals surface area contributed by atoms with E-state index in [0.29, 0.717) is 12.0 Å². The standard InChI is InChI=1S/C29H42N2/c1-21(2)25(7)31(8)29(22(3)4)18-17-23(5)19-26-13-12-14-27(20-26)24(6)30-28-15-10-9-11-16-28/h12-14,17-18,20-21,28,30H,3,6-7,9-11,15-16,19H2,1-2,4-5,8H3/b23-17+,29-18+. The number of benzene rings is 1. The molecule has 168 valence electrons. The van der Waals surface area contributed by atoms with Gasteiger partial charge in [0, 0.05) is 30.2 Å². The monoisotopic (exact) mass is 418 g/mol. The number of hydrogen-bond acceptors (Lipinski definition) is 2. The highest BCUT2D eigenvalue weighted by Gasteiger charge is 2.14. The Morgan fingerprint density at radius 2 is 1.77 bits per heavy atom. The number of nitrogens with one attached hydrogen (secondary N) is 1. The van der Waals surface area contributed by atoms with E-state index < -0.39 is 0 Å². The van der Waals surface area contributed by atoms with Gasteiger partial charge in [0.2, 0.25) is 0 Å². The highest BCUT2D eigenvalue weighted by Crippen LogP contribution is 2.23. The van der Waals surface area contributed by atoms with Gasteiger partial charge in [0.05, 0.1) is 0 Å². The molecule has 1 aliphatic carbocycles. The fourth-order valence-electron chi connectivity index (χ4n) is 4.13. The van der Waals surface area contributed by atoms with E-state index in [1.54, 1.807) is 0 Å². The largest absolute Gasteiger partial charge is 0.382 e. The maximum absolute atomic E-state index is 4.31. The molecule has 0 atom stereocenters. The van der Waals surface area contributed by atoms with Gasteiger partial charge in [-0.15, -0.1) is 0 Å². The summed E-state index contributed by atoms with van der Waals surface area (Å²) in [6, 6.07) is 9.35. The average Bonchev–Trinajstić information content (AvgIpc) is 2.73. The van der Waals surface area contributed by atoms with Gasteiger partial charge >= 0.3 is 0 Å². The Labute approximate surface area is 191 Å². The van der Waals surface area contributed by atoms with Crippen molar-refractivity contribution in [2.45, 2.75) is 72.3 Å². The lowest BCUT2D eigenvalue weighted by atomic mass is 9.94. The van der Waals surface area contributed by atoms with Crippen molar-refractivity contribution in [3.8, 4) is 0 Å². The Morgan fingerprint density at radius 3 is 2.39 bits per heavy atom. The molecule has 0 unspecified atom stereocenters. The third-order valence-electron chi connectivity index (χ3n) is 6.16. The highest BCUT2D eigenvalue weighted by atomic mass is 15.1. The maximum Gasteiger partial charge on any atom is 0.0429 e. The maximum atomic E-state index is 4.31. The zero-order valence-electron chi connectivity index (χ0n) is 20.4. The summed E-state index contributed by atoms with van der Waals surface area (Å²) in [5.74, 6) is 0.399. The lowest BCUT2D eigenvalue weighted by Gasteiger charge is -2.27. The van der Waals surface area contributed by atoms with Gasteiger partial charge in [0.1, 0.15) is 0 Å². The van der Waals surface area contributed by atoms with E-state index in [4.69, 9.17) is 0 Å². The highest BCUT2D eigenvalue weighted by molar-refractivity contribution is 5.62. The van der Waals surface area contributed by atoms with Crippen LogP contribution < -0.4 is 5.32 Å². The topological polar surface area (TPSA) is 15.3 Å². The van der Waals surface area contributed by atoms with Gasteiger partial charge in [0.25, 0.3) is 0 Å². The van der Waals surface area contributed by atoms with E-state index in [1.807, 2.05) is 6.92 Å². The van der Waals surface area contributed by atoms with Crippen molar-refractivity contribution in [3.05, 3.63) is 89.8 Å². The summed E-state index contributed by atoms with van der Waals surface area (Å²) in [5, 5.41) is 3.66. The number of allylic oxidation sites excluding steroid dienone is 5. The second-order valence-corrected chi connectivity index (χ2v) is 9.39. The minimum absolute atomic E-state index is 0.399. The molecule has 0 amide bonds. The molecule has 2 heteroatoms. The van der Waals surface area contributed by atoms with Crippen LogP contribution in [0.3, 0.4) is 0 Å². The molecular formula is C29H42N2. The minimum Gasteiger partial charge on any atom is -0.382 e. The SMILES string of the molecule is C=C(C)/C(=C\C=C(/C)Cc1cccc(C(=C)NC2CCCCC2)c1)N(C)C(=C)C(C)C. The Bertz CT molecular complexity index is 847. The molecule has 1 fully saturated rings. The predicted molar refractivity (Wildman–Crippen MR) is 138 cm³/mol. The first-order valence-corrected chi connectivity index (χ1v) is 11.7. The smallest absolute Gasteiger partial charge is 0.0429 e. The van der Waals surface area contributed by atoms with Crippen LogP contribution in [0.5, 0.6) is 0 Å². The van der Waals surface area contributed by atoms with Crippen LogP contribution in [-0.2, 0) is 6.42 Å². The molecule has 1 aromatic rings. The third-order valence-corrected chi connectivity index (χ3v) is 6.16. The summed E-state index contributed by atoms with van der Waals surface area (Å²) in [6.07, 6.45) is 11.8. The Morgan fingerprint density at radius 1 is 1.10 bits per heavy atom. The molecule has 0 saturated heterocycles. The Balaban J connectivity index is 2.08. The lowest BCUT2D eigenvalue weighted by molar-refractivity contribution is 0.409. The molecule has 1 aromatic carbocycles. The molecule has 0 aromatic heterocycles. The summed E-state index contributed by atoms with van der Waals surface area (Å²) < 4.78 is 0. The first kappa shape index (κ1) is 24.8. The van der Waals surface area contributed by atoms with Crippen molar-refractivity contribution >= 4 is 5.70 Å². The number of rotatable bonds is 10. The van der Waals surface area contributed by atoms with Crippen LogP contribution >= 0.6 is 0 Å². The van der Waals surface area contributed by atoms with E-state index in [0.717, 1.165) is 29.1 Å². The van der Waals surface area contributed by atoms with E-state index in [9.17, 15) is 0 Å². The molecule has 1 saturated carbocycles. The van der Waals surface area contributed by atoms with Crippen molar-refractivity contribution in [2.24, 2.45) is 5.92 Å². The molecule has 31 heavy (non-hydrogen) atoms. The van der Waals surface area contributed by atoms with Gasteiger partial charge in [-0.1, -0.05) is 82.7 Å². The molecule has 2 nitrogen and oxygen atoms in total. The summed E-state index contributed by atoms with van der Waals surface area (Å²) in [4.78, 5) is 2.15. The van der Waals surface area contributed by atoms with Crippen molar-refractivity contribution in [2.75, 3.05) is 7.05 Å². The molecule has 0 aliphatic heterocycles. The van der Waals surface area contributed by atoms with Gasteiger partial charge in [-0.25, -0.2) is 0 Å². The van der Waals surface area contributed by atoms with Crippen LogP contribution in [0.2, 0.25) is 0 Å². The van der Waals surface area contributed by atoms with Crippen LogP contribution in [0, 0.1) is 5.92 Å². The summed E-state index contributed by atoms with van der Waals surface area (Å²) in [7, 11) is 2.07. The molecule has 1 N–H and O–H groups in total. The zero-order valence-corrected chi connectivity index (χ0v) is 20.4. The first-order chi connectivity index (χ1) is 14.7. The Kier molecular flexibility index (Phi) is 9.43. The molecule has 1 aliphatic rings. The van der Waals surface area contributed by atoms with Gasteiger partial charge < -0.3 is 10.2 Å². The molecule has 0 bridgehead atoms. The summed E-state index contributed by atoms with van der Waals surface area (Å²) >= 11 is 0. The third kappa shape index (κ3) is 7.61. The quantitative estimate of drug-likeness (QED) is 0.393. The van der Waals surface area contributed by atoms with Crippen molar-refractivity contribution in [3.63, 3.8) is 0 Å². The normalized spacial score (nSPS) is 15.7. The van der Waals surface area contributed by atoms with Crippen molar-refractivity contribution in [1.29, 1.82) is 0 Å². The van der Waals surface area contributed by atoms with Crippen LogP contribution in [0.15, 0.2) is 78.7 Å². The molecular weight excluding hydrogens is 376 g/mol. The van der Waals surface area contributed by atoms with Gasteiger partial charge in [0.15, 0.2) is 0 Å². The minimum atomic E-state index is 0.399. The zero-order chi connectivity index (χ0) is 23.0. The van der Waals surface area contributed by atoms with Crippen LogP contribution in [0.4, 0.5) is 0 Å². The van der Waals surface area contributed by atoms with Gasteiger partial charge in [-0.3, -0.25) is 0 Å². The van der Waals surface area contributed by atoms with E-state index >= 15 is 0 Å². The first-order valence-electron chi connectivity index (χ1n) is 11.7. The van der Waals surface area contributed by atoms with Crippen molar-refractivity contribution < 1.29 is 0 Å². The number of nitrogens with zero attached hydrogens (tertiary/aromatic N) is 1. The molecule has 2 rings (SSSR count). The second-order valence-electron chi connectivity index (χ2n) is 9.39. The number of likely N-dealkylation sites (N-methyl/N-ethyl adjacent to an activating group) is 1. The fraction of sp³-hybridized carbons (Fsp3) is 0.448. The van der Waals surface area contributed by atoms with E-state index in [2.05, 4.69) is 94.2 Å². The molecule has 0 heterocycles. The lowest BCUT2D eigenvalue weighted by Crippen LogP contribution is -2.29. The molecule has 0 spiro atoms. The summed E-state index contributed by atoms with van der Waals surface area (Å²) in [6.45, 7) is 21.3. The van der Waals surface area contributed by atoms with E-state index in [-0.39, 0.29) is 0 Å². The Hall–Kier alpha value is -2.48. The average molecular weight is 419 g/mol. The van der Waals surface area contributed by atoms with Gasteiger partial charge in [-0.2, -0.15) is 0 Å². The van der Waals surface area contributed by atoms with Crippen LogP contribution in [-0.4, -0.2) is 18.0 Å². The summed E-state index contributed by atoms with van der Waals surface area (Å²) in [5.41, 5.74) is 8.11. The van der Waals surface area contributed by atoms with E-state index in [1.165, 1.54) is 48.8 Å². The van der Waals surface area contributed by atoms with Crippen LogP contribution in [0.25, 0.3) is 5.70 Å². The van der Waals surface area contributed by atoms with Crippen LogP contribution in [0.1, 0.15) is 70.9 Å². The van der Waals surface area contributed by atoms with Gasteiger partial charge in [-0.05, 0) is 67.9 Å². The second kappa shape index (κ2) is 11.8.